The van der Waals surface area contributed by atoms with E-state index in [1.54, 1.807) is 19.1 Å². The molecule has 1 atom stereocenters. The third kappa shape index (κ3) is 2.46. The lowest BCUT2D eigenvalue weighted by Gasteiger charge is -2.09. The number of hydrogen-bond acceptors (Lipinski definition) is 2. The highest BCUT2D eigenvalue weighted by atomic mass is 16.5. The van der Waals surface area contributed by atoms with Gasteiger partial charge in [-0.1, -0.05) is 30.9 Å². The molecular formula is C12H14O2. The van der Waals surface area contributed by atoms with Crippen LogP contribution in [-0.2, 0) is 4.74 Å². The van der Waals surface area contributed by atoms with E-state index in [-0.39, 0.29) is 12.1 Å². The molecule has 0 bridgehead atoms. The van der Waals surface area contributed by atoms with Crippen molar-refractivity contribution in [3.63, 3.8) is 0 Å². The van der Waals surface area contributed by atoms with E-state index in [1.165, 1.54) is 0 Å². The van der Waals surface area contributed by atoms with E-state index in [0.717, 1.165) is 5.56 Å². The summed E-state index contributed by atoms with van der Waals surface area (Å²) in [5, 5.41) is 0. The van der Waals surface area contributed by atoms with E-state index in [2.05, 4.69) is 6.58 Å². The Kier molecular flexibility index (Phi) is 3.46. The first-order valence-electron chi connectivity index (χ1n) is 4.54. The summed E-state index contributed by atoms with van der Waals surface area (Å²) >= 11 is 0. The maximum atomic E-state index is 11.6. The molecule has 2 heteroatoms. The normalized spacial score (nSPS) is 11.9. The predicted octanol–water partition coefficient (Wildman–Crippen LogP) is 2.73. The van der Waals surface area contributed by atoms with Crippen LogP contribution in [0.4, 0.5) is 0 Å². The monoisotopic (exact) mass is 190 g/mol. The van der Waals surface area contributed by atoms with Crippen LogP contribution in [0.25, 0.3) is 0 Å². The van der Waals surface area contributed by atoms with E-state index < -0.39 is 0 Å². The molecule has 0 saturated carbocycles. The van der Waals surface area contributed by atoms with Gasteiger partial charge in [0.15, 0.2) is 0 Å². The molecule has 0 N–H and O–H groups in total. The molecular weight excluding hydrogens is 176 g/mol. The molecule has 2 nitrogen and oxygen atoms in total. The summed E-state index contributed by atoms with van der Waals surface area (Å²) in [7, 11) is 0. The summed E-state index contributed by atoms with van der Waals surface area (Å²) < 4.78 is 5.11. The van der Waals surface area contributed by atoms with Crippen LogP contribution in [0.5, 0.6) is 0 Å². The molecule has 0 fully saturated rings. The zero-order valence-electron chi connectivity index (χ0n) is 8.49. The van der Waals surface area contributed by atoms with Gasteiger partial charge in [0.2, 0.25) is 0 Å². The van der Waals surface area contributed by atoms with Crippen LogP contribution >= 0.6 is 0 Å². The molecule has 0 aliphatic heterocycles. The van der Waals surface area contributed by atoms with Crippen molar-refractivity contribution in [1.29, 1.82) is 0 Å². The Labute approximate surface area is 84.2 Å². The number of ether oxygens (including phenoxy) is 1. The second kappa shape index (κ2) is 4.61. The van der Waals surface area contributed by atoms with Crippen LogP contribution in [0.3, 0.4) is 0 Å². The average molecular weight is 190 g/mol. The zero-order chi connectivity index (χ0) is 10.6. The Hall–Kier alpha value is -1.57. The maximum absolute atomic E-state index is 11.6. The van der Waals surface area contributed by atoms with E-state index in [9.17, 15) is 4.79 Å². The first kappa shape index (κ1) is 10.5. The van der Waals surface area contributed by atoms with Gasteiger partial charge in [0, 0.05) is 0 Å². The molecule has 0 spiro atoms. The summed E-state index contributed by atoms with van der Waals surface area (Å²) in [6.07, 6.45) is 1.35. The van der Waals surface area contributed by atoms with Gasteiger partial charge in [-0.3, -0.25) is 0 Å². The lowest BCUT2D eigenvalue weighted by molar-refractivity contribution is 0.0424. The largest absolute Gasteiger partial charge is 0.455 e. The zero-order valence-corrected chi connectivity index (χ0v) is 8.49. The van der Waals surface area contributed by atoms with Crippen LogP contribution < -0.4 is 0 Å². The van der Waals surface area contributed by atoms with Gasteiger partial charge in [0.25, 0.3) is 0 Å². The Morgan fingerprint density at radius 1 is 1.50 bits per heavy atom. The van der Waals surface area contributed by atoms with Crippen LogP contribution in [0, 0.1) is 6.92 Å². The van der Waals surface area contributed by atoms with Crippen molar-refractivity contribution >= 4 is 5.97 Å². The summed E-state index contributed by atoms with van der Waals surface area (Å²) in [4.78, 5) is 11.6. The Balaban J connectivity index is 2.80. The van der Waals surface area contributed by atoms with Gasteiger partial charge >= 0.3 is 5.97 Å². The lowest BCUT2D eigenvalue weighted by Crippen LogP contribution is -2.13. The van der Waals surface area contributed by atoms with Crippen molar-refractivity contribution < 1.29 is 9.53 Å². The Bertz CT molecular complexity index is 342. The summed E-state index contributed by atoms with van der Waals surface area (Å²) in [6, 6.07) is 7.36. The van der Waals surface area contributed by atoms with Gasteiger partial charge in [-0.2, -0.15) is 0 Å². The first-order valence-corrected chi connectivity index (χ1v) is 4.54. The van der Waals surface area contributed by atoms with Gasteiger partial charge in [-0.15, -0.1) is 0 Å². The van der Waals surface area contributed by atoms with Gasteiger partial charge in [-0.05, 0) is 25.5 Å². The molecule has 74 valence electrons. The van der Waals surface area contributed by atoms with E-state index in [0.29, 0.717) is 5.56 Å². The van der Waals surface area contributed by atoms with Gasteiger partial charge < -0.3 is 4.74 Å². The molecule has 0 aliphatic rings. The number of hydrogen-bond donors (Lipinski definition) is 0. The van der Waals surface area contributed by atoms with Crippen LogP contribution in [0.2, 0.25) is 0 Å². The number of aryl methyl sites for hydroxylation is 1. The molecule has 1 aromatic carbocycles. The highest BCUT2D eigenvalue weighted by Gasteiger charge is 2.11. The van der Waals surface area contributed by atoms with Crippen LogP contribution in [0.15, 0.2) is 36.9 Å². The van der Waals surface area contributed by atoms with Crippen molar-refractivity contribution in [3.05, 3.63) is 48.0 Å². The highest BCUT2D eigenvalue weighted by molar-refractivity contribution is 5.91. The van der Waals surface area contributed by atoms with E-state index in [4.69, 9.17) is 4.74 Å². The predicted molar refractivity (Wildman–Crippen MR) is 56.3 cm³/mol. The fraction of sp³-hybridized carbons (Fsp3) is 0.250. The maximum Gasteiger partial charge on any atom is 0.338 e. The molecule has 0 radical (unpaired) electrons. The van der Waals surface area contributed by atoms with Gasteiger partial charge in [0.1, 0.15) is 6.10 Å². The number of esters is 1. The molecule has 0 amide bonds. The van der Waals surface area contributed by atoms with Crippen LogP contribution in [-0.4, -0.2) is 12.1 Å². The quantitative estimate of drug-likeness (QED) is 0.541. The number of carbonyl (C=O) groups excluding carboxylic acids is 1. The Morgan fingerprint density at radius 3 is 2.71 bits per heavy atom. The third-order valence-electron chi connectivity index (χ3n) is 1.99. The average Bonchev–Trinajstić information content (AvgIpc) is 2.18. The number of rotatable bonds is 3. The van der Waals surface area contributed by atoms with Crippen molar-refractivity contribution in [1.82, 2.24) is 0 Å². The fourth-order valence-corrected chi connectivity index (χ4v) is 1.08. The highest BCUT2D eigenvalue weighted by Crippen LogP contribution is 2.09. The minimum absolute atomic E-state index is 0.248. The first-order chi connectivity index (χ1) is 6.65. The molecule has 1 aromatic rings. The number of benzene rings is 1. The van der Waals surface area contributed by atoms with Crippen molar-refractivity contribution in [3.8, 4) is 0 Å². The van der Waals surface area contributed by atoms with Crippen molar-refractivity contribution in [2.45, 2.75) is 20.0 Å². The lowest BCUT2D eigenvalue weighted by atomic mass is 10.1. The van der Waals surface area contributed by atoms with Gasteiger partial charge in [0.05, 0.1) is 5.56 Å². The van der Waals surface area contributed by atoms with Crippen LogP contribution in [0.1, 0.15) is 22.8 Å². The molecule has 1 rings (SSSR count). The molecule has 0 saturated heterocycles. The second-order valence-electron chi connectivity index (χ2n) is 3.16. The molecule has 0 unspecified atom stereocenters. The molecule has 0 heterocycles. The minimum atomic E-state index is -0.296. The topological polar surface area (TPSA) is 26.3 Å². The standard InChI is InChI=1S/C12H14O2/c1-4-10(3)14-12(13)11-8-6-5-7-9(11)2/h4-8,10H,1H2,2-3H3/t10-/m0/s1. The van der Waals surface area contributed by atoms with E-state index in [1.807, 2.05) is 25.1 Å². The van der Waals surface area contributed by atoms with Crippen molar-refractivity contribution in [2.24, 2.45) is 0 Å². The molecule has 0 aliphatic carbocycles. The smallest absolute Gasteiger partial charge is 0.338 e. The summed E-state index contributed by atoms with van der Waals surface area (Å²) in [5.74, 6) is -0.296. The fourth-order valence-electron chi connectivity index (χ4n) is 1.08. The Morgan fingerprint density at radius 2 is 2.14 bits per heavy atom. The molecule has 14 heavy (non-hydrogen) atoms. The van der Waals surface area contributed by atoms with Gasteiger partial charge in [-0.25, -0.2) is 4.79 Å². The number of carbonyl (C=O) groups is 1. The molecule has 0 aromatic heterocycles. The summed E-state index contributed by atoms with van der Waals surface area (Å²) in [6.45, 7) is 7.22. The SMILES string of the molecule is C=C[C@H](C)OC(=O)c1ccccc1C. The summed E-state index contributed by atoms with van der Waals surface area (Å²) in [5.41, 5.74) is 1.54. The second-order valence-corrected chi connectivity index (χ2v) is 3.16. The van der Waals surface area contributed by atoms with E-state index >= 15 is 0 Å². The third-order valence-corrected chi connectivity index (χ3v) is 1.99. The van der Waals surface area contributed by atoms with Crippen molar-refractivity contribution in [2.75, 3.05) is 0 Å². The minimum Gasteiger partial charge on any atom is -0.455 e.